The van der Waals surface area contributed by atoms with Gasteiger partial charge in [0.2, 0.25) is 5.91 Å². The summed E-state index contributed by atoms with van der Waals surface area (Å²) < 4.78 is 0. The van der Waals surface area contributed by atoms with Crippen LogP contribution in [0.25, 0.3) is 0 Å². The summed E-state index contributed by atoms with van der Waals surface area (Å²) in [6.07, 6.45) is 2.20. The summed E-state index contributed by atoms with van der Waals surface area (Å²) in [6.45, 7) is 5.14. The summed E-state index contributed by atoms with van der Waals surface area (Å²) in [5.41, 5.74) is 2.72. The number of aryl methyl sites for hydroxylation is 1. The van der Waals surface area contributed by atoms with Crippen molar-refractivity contribution < 1.29 is 9.90 Å². The summed E-state index contributed by atoms with van der Waals surface area (Å²) in [6, 6.07) is 8.46. The molecule has 138 valence electrons. The summed E-state index contributed by atoms with van der Waals surface area (Å²) in [5.74, 6) is 0.472. The molecule has 3 rings (SSSR count). The minimum Gasteiger partial charge on any atom is -0.390 e. The normalized spacial score (nSPS) is 22.6. The van der Waals surface area contributed by atoms with Gasteiger partial charge in [0.15, 0.2) is 0 Å². The van der Waals surface area contributed by atoms with E-state index in [0.29, 0.717) is 25.4 Å². The number of aliphatic hydroxyl groups excluding tert-OH is 1. The zero-order chi connectivity index (χ0) is 17.8. The van der Waals surface area contributed by atoms with Crippen molar-refractivity contribution in [3.05, 3.63) is 35.4 Å². The second-order valence-corrected chi connectivity index (χ2v) is 7.67. The Kier molecular flexibility index (Phi) is 6.10. The summed E-state index contributed by atoms with van der Waals surface area (Å²) >= 11 is 0. The molecule has 1 heterocycles. The molecule has 0 aromatic heterocycles. The fourth-order valence-corrected chi connectivity index (χ4v) is 4.03. The zero-order valence-corrected chi connectivity index (χ0v) is 15.5. The van der Waals surface area contributed by atoms with E-state index in [9.17, 15) is 9.90 Å². The number of benzene rings is 1. The number of amides is 1. The van der Waals surface area contributed by atoms with Gasteiger partial charge in [-0.1, -0.05) is 24.3 Å². The van der Waals surface area contributed by atoms with E-state index in [4.69, 9.17) is 0 Å². The molecule has 1 N–H and O–H groups in total. The smallest absolute Gasteiger partial charge is 0.223 e. The first-order valence-corrected chi connectivity index (χ1v) is 9.43. The van der Waals surface area contributed by atoms with E-state index in [1.807, 2.05) is 7.05 Å². The predicted octanol–water partition coefficient (Wildman–Crippen LogP) is 1.17. The van der Waals surface area contributed by atoms with Gasteiger partial charge in [0.05, 0.1) is 6.10 Å². The highest BCUT2D eigenvalue weighted by atomic mass is 16.3. The maximum absolute atomic E-state index is 12.6. The van der Waals surface area contributed by atoms with Crippen LogP contribution in [0.3, 0.4) is 0 Å². The standard InChI is InChI=1S/C20H31N3O2/c1-21-9-11-23(12-10-21)15-18(24)14-22(2)20(25)13-17-8-7-16-5-3-4-6-19(16)17/h3-6,17-18,24H,7-15H2,1-2H3/t17-,18+/m1/s1. The Morgan fingerprint density at radius 2 is 2.00 bits per heavy atom. The van der Waals surface area contributed by atoms with Crippen LogP contribution >= 0.6 is 0 Å². The molecule has 5 nitrogen and oxygen atoms in total. The third-order valence-corrected chi connectivity index (χ3v) is 5.65. The average molecular weight is 345 g/mol. The number of hydrogen-bond acceptors (Lipinski definition) is 4. The van der Waals surface area contributed by atoms with Gasteiger partial charge < -0.3 is 14.9 Å². The van der Waals surface area contributed by atoms with Crippen molar-refractivity contribution in [3.63, 3.8) is 0 Å². The highest BCUT2D eigenvalue weighted by Crippen LogP contribution is 2.35. The van der Waals surface area contributed by atoms with E-state index in [1.54, 1.807) is 4.90 Å². The summed E-state index contributed by atoms with van der Waals surface area (Å²) in [4.78, 5) is 18.9. The van der Waals surface area contributed by atoms with Crippen molar-refractivity contribution in [2.45, 2.75) is 31.3 Å². The van der Waals surface area contributed by atoms with E-state index in [1.165, 1.54) is 11.1 Å². The summed E-state index contributed by atoms with van der Waals surface area (Å²) in [5, 5.41) is 10.4. The molecule has 2 atom stereocenters. The first-order chi connectivity index (χ1) is 12.0. The first kappa shape index (κ1) is 18.4. The SMILES string of the molecule is CN1CCN(C[C@@H](O)CN(C)C(=O)C[C@H]2CCc3ccccc32)CC1. The summed E-state index contributed by atoms with van der Waals surface area (Å²) in [7, 11) is 3.94. The molecule has 1 amide bonds. The highest BCUT2D eigenvalue weighted by Gasteiger charge is 2.26. The molecule has 5 heteroatoms. The fourth-order valence-electron chi connectivity index (χ4n) is 4.03. The van der Waals surface area contributed by atoms with E-state index >= 15 is 0 Å². The van der Waals surface area contributed by atoms with Crippen molar-refractivity contribution in [1.29, 1.82) is 0 Å². The van der Waals surface area contributed by atoms with Gasteiger partial charge in [-0.05, 0) is 36.9 Å². The van der Waals surface area contributed by atoms with Crippen LogP contribution in [-0.2, 0) is 11.2 Å². The molecule has 1 fully saturated rings. The van der Waals surface area contributed by atoms with Crippen LogP contribution in [0.15, 0.2) is 24.3 Å². The van der Waals surface area contributed by atoms with E-state index < -0.39 is 6.10 Å². The molecular weight excluding hydrogens is 314 g/mol. The number of hydrogen-bond donors (Lipinski definition) is 1. The van der Waals surface area contributed by atoms with Gasteiger partial charge >= 0.3 is 0 Å². The Balaban J connectivity index is 1.45. The predicted molar refractivity (Wildman–Crippen MR) is 99.7 cm³/mol. The maximum Gasteiger partial charge on any atom is 0.223 e. The van der Waals surface area contributed by atoms with Gasteiger partial charge in [-0.2, -0.15) is 0 Å². The van der Waals surface area contributed by atoms with Crippen LogP contribution < -0.4 is 0 Å². The number of piperazine rings is 1. The molecule has 1 aliphatic carbocycles. The van der Waals surface area contributed by atoms with Gasteiger partial charge in [-0.15, -0.1) is 0 Å². The third kappa shape index (κ3) is 4.81. The quantitative estimate of drug-likeness (QED) is 0.841. The Hall–Kier alpha value is -1.43. The lowest BCUT2D eigenvalue weighted by Crippen LogP contribution is -2.49. The van der Waals surface area contributed by atoms with E-state index in [-0.39, 0.29) is 5.91 Å². The van der Waals surface area contributed by atoms with Crippen molar-refractivity contribution >= 4 is 5.91 Å². The van der Waals surface area contributed by atoms with Crippen molar-refractivity contribution in [2.24, 2.45) is 0 Å². The number of rotatable bonds is 6. The Morgan fingerprint density at radius 1 is 1.28 bits per heavy atom. The van der Waals surface area contributed by atoms with Crippen molar-refractivity contribution in [3.8, 4) is 0 Å². The lowest BCUT2D eigenvalue weighted by molar-refractivity contribution is -0.131. The van der Waals surface area contributed by atoms with E-state index in [2.05, 4.69) is 41.1 Å². The average Bonchev–Trinajstić information content (AvgIpc) is 3.00. The van der Waals surface area contributed by atoms with Gasteiger partial charge in [0, 0.05) is 52.7 Å². The lowest BCUT2D eigenvalue weighted by Gasteiger charge is -2.34. The van der Waals surface area contributed by atoms with Crippen molar-refractivity contribution in [2.75, 3.05) is 53.4 Å². The van der Waals surface area contributed by atoms with Gasteiger partial charge in [-0.25, -0.2) is 0 Å². The number of β-amino-alcohol motifs (C(OH)–C–C–N with tert-alkyl or cyclic N) is 1. The minimum atomic E-state index is -0.478. The molecule has 1 aromatic rings. The maximum atomic E-state index is 12.6. The lowest BCUT2D eigenvalue weighted by atomic mass is 9.97. The largest absolute Gasteiger partial charge is 0.390 e. The highest BCUT2D eigenvalue weighted by molar-refractivity contribution is 5.77. The number of carbonyl (C=O) groups excluding carboxylic acids is 1. The van der Waals surface area contributed by atoms with Gasteiger partial charge in [-0.3, -0.25) is 9.69 Å². The molecular formula is C20H31N3O2. The zero-order valence-electron chi connectivity index (χ0n) is 15.5. The van der Waals surface area contributed by atoms with Crippen LogP contribution in [0.5, 0.6) is 0 Å². The Bertz CT molecular complexity index is 584. The molecule has 0 spiro atoms. The number of aliphatic hydroxyl groups is 1. The molecule has 0 unspecified atom stereocenters. The molecule has 1 saturated heterocycles. The third-order valence-electron chi connectivity index (χ3n) is 5.65. The second-order valence-electron chi connectivity index (χ2n) is 7.67. The van der Waals surface area contributed by atoms with Crippen LogP contribution in [-0.4, -0.2) is 85.2 Å². The molecule has 0 radical (unpaired) electrons. The monoisotopic (exact) mass is 345 g/mol. The Labute approximate surface area is 151 Å². The number of carbonyl (C=O) groups is 1. The number of fused-ring (bicyclic) bond motifs is 1. The fraction of sp³-hybridized carbons (Fsp3) is 0.650. The molecule has 1 aliphatic heterocycles. The van der Waals surface area contributed by atoms with Gasteiger partial charge in [0.1, 0.15) is 0 Å². The second kappa shape index (κ2) is 8.30. The topological polar surface area (TPSA) is 47.0 Å². The molecule has 0 bridgehead atoms. The van der Waals surface area contributed by atoms with Gasteiger partial charge in [0.25, 0.3) is 0 Å². The first-order valence-electron chi connectivity index (χ1n) is 9.43. The van der Waals surface area contributed by atoms with Crippen LogP contribution in [0, 0.1) is 0 Å². The van der Waals surface area contributed by atoms with Crippen molar-refractivity contribution in [1.82, 2.24) is 14.7 Å². The minimum absolute atomic E-state index is 0.138. The molecule has 2 aliphatic rings. The number of likely N-dealkylation sites (N-methyl/N-ethyl adjacent to an activating group) is 2. The molecule has 25 heavy (non-hydrogen) atoms. The van der Waals surface area contributed by atoms with Crippen LogP contribution in [0.2, 0.25) is 0 Å². The van der Waals surface area contributed by atoms with Crippen LogP contribution in [0.1, 0.15) is 29.9 Å². The van der Waals surface area contributed by atoms with E-state index in [0.717, 1.165) is 39.0 Å². The molecule has 1 aromatic carbocycles. The van der Waals surface area contributed by atoms with Crippen LogP contribution in [0.4, 0.5) is 0 Å². The number of nitrogens with zero attached hydrogens (tertiary/aromatic N) is 3. The molecule has 0 saturated carbocycles. The Morgan fingerprint density at radius 3 is 2.76 bits per heavy atom.